The molecule has 12 rings (SSSR count). The molecular weight excluding hydrogens is 1490 g/mol. The van der Waals surface area contributed by atoms with Gasteiger partial charge in [-0.3, -0.25) is 34.8 Å². The highest BCUT2D eigenvalue weighted by Gasteiger charge is 2.28. The van der Waals surface area contributed by atoms with E-state index in [1.165, 1.54) is 18.8 Å². The fourth-order valence-electron chi connectivity index (χ4n) is 12.1. The molecule has 5 atom stereocenters. The van der Waals surface area contributed by atoms with E-state index in [1.54, 1.807) is 61.4 Å². The molecule has 12 heterocycles. The molecule has 0 unspecified atom stereocenters. The first-order chi connectivity index (χ1) is 54.8. The number of hydrogen-bond acceptors (Lipinski definition) is 34. The quantitative estimate of drug-likeness (QED) is 0.0172. The molecule has 610 valence electrons. The number of nitrogens with zero attached hydrogens (tertiary/aromatic N) is 18. The Morgan fingerprint density at radius 2 is 0.842 bits per heavy atom. The second kappa shape index (κ2) is 44.0. The molecule has 38 heteroatoms. The van der Waals surface area contributed by atoms with Crippen molar-refractivity contribution in [3.63, 3.8) is 0 Å². The zero-order valence-corrected chi connectivity index (χ0v) is 67.6. The molecule has 12 aromatic heterocycles. The molecule has 0 aliphatic heterocycles. The highest BCUT2D eigenvalue weighted by Crippen LogP contribution is 2.31. The predicted molar refractivity (Wildman–Crippen MR) is 451 cm³/mol. The number of ketones is 1. The third-order valence-electron chi connectivity index (χ3n) is 18.0. The fourth-order valence-corrected chi connectivity index (χ4v) is 13.6. The van der Waals surface area contributed by atoms with Crippen LogP contribution < -0.4 is 55.3 Å². The van der Waals surface area contributed by atoms with Gasteiger partial charge in [0.15, 0.2) is 34.9 Å². The van der Waals surface area contributed by atoms with Crippen molar-refractivity contribution in [3.8, 4) is 0 Å². The zero-order valence-electron chi connectivity index (χ0n) is 66.0. The Kier molecular flexibility index (Phi) is 33.9. The fraction of sp³-hybridized carbons (Fsp3) is 0.461. The van der Waals surface area contributed by atoms with Crippen molar-refractivity contribution >= 4 is 139 Å². The highest BCUT2D eigenvalue weighted by atomic mass is 32.2. The van der Waals surface area contributed by atoms with Gasteiger partial charge in [-0.15, -0.1) is 0 Å². The molecule has 0 aromatic carbocycles. The van der Waals surface area contributed by atoms with Crippen LogP contribution >= 0.6 is 0 Å². The average Bonchev–Trinajstić information content (AvgIpc) is 1.02. The normalized spacial score (nSPS) is 13.0. The summed E-state index contributed by atoms with van der Waals surface area (Å²) in [6.07, 6.45) is 32.4. The number of aliphatic hydroxyl groups is 1. The predicted octanol–water partition coefficient (Wildman–Crippen LogP) is 11.1. The third kappa shape index (κ3) is 27.9. The average molecular weight is 1600 g/mol. The molecule has 0 bridgehead atoms. The van der Waals surface area contributed by atoms with Gasteiger partial charge < -0.3 is 65.3 Å². The first-order valence-electron chi connectivity index (χ1n) is 38.4. The van der Waals surface area contributed by atoms with Gasteiger partial charge >= 0.3 is 0 Å². The van der Waals surface area contributed by atoms with Crippen molar-refractivity contribution in [2.24, 2.45) is 0 Å². The minimum atomic E-state index is -3.04. The summed E-state index contributed by atoms with van der Waals surface area (Å²) in [6.45, 7) is 12.6. The number of pyridine rings is 5. The van der Waals surface area contributed by atoms with Crippen LogP contribution in [0.15, 0.2) is 110 Å². The molecule has 12 aromatic rings. The number of H-pyrrole nitrogens is 2. The van der Waals surface area contributed by atoms with Crippen LogP contribution in [0.4, 0.5) is 58.8 Å². The number of nitrogen functional groups attached to an aromatic ring is 5. The number of rotatable bonds is 37. The number of fused-ring (bicyclic) bond motifs is 5. The maximum absolute atomic E-state index is 12.4. The van der Waals surface area contributed by atoms with Gasteiger partial charge in [-0.05, 0) is 119 Å². The Bertz CT molecular complexity index is 5080. The number of anilines is 10. The first-order valence-corrected chi connectivity index (χ1v) is 42.5. The van der Waals surface area contributed by atoms with Crippen molar-refractivity contribution in [3.05, 3.63) is 122 Å². The van der Waals surface area contributed by atoms with Gasteiger partial charge in [0.2, 0.25) is 29.7 Å². The summed E-state index contributed by atoms with van der Waals surface area (Å²) >= 11 is 0. The van der Waals surface area contributed by atoms with Gasteiger partial charge in [0.1, 0.15) is 65.2 Å². The lowest BCUT2D eigenvalue weighted by molar-refractivity contribution is -0.120. The van der Waals surface area contributed by atoms with Crippen molar-refractivity contribution in [2.45, 2.75) is 193 Å². The number of Topliss-reactive ketones (excluding diaryl/α,β-unsaturated/α-hetero) is 1. The van der Waals surface area contributed by atoms with Crippen LogP contribution in [0.2, 0.25) is 0 Å². The van der Waals surface area contributed by atoms with E-state index < -0.39 is 25.2 Å². The van der Waals surface area contributed by atoms with Gasteiger partial charge in [-0.2, -0.15) is 30.0 Å². The summed E-state index contributed by atoms with van der Waals surface area (Å²) in [5.74, 6) is 5.74. The van der Waals surface area contributed by atoms with E-state index in [0.717, 1.165) is 107 Å². The molecule has 0 spiro atoms. The summed E-state index contributed by atoms with van der Waals surface area (Å²) in [4.78, 5) is 88.0. The number of aliphatic hydroxyl groups excluding tert-OH is 1. The Labute approximate surface area is 663 Å². The van der Waals surface area contributed by atoms with E-state index in [2.05, 4.69) is 161 Å². The van der Waals surface area contributed by atoms with Gasteiger partial charge in [-0.1, -0.05) is 98.8 Å². The van der Waals surface area contributed by atoms with Crippen molar-refractivity contribution in [2.75, 3.05) is 85.9 Å². The molecular formula is C76H108N30O6S2. The molecule has 0 radical (unpaired) electrons. The van der Waals surface area contributed by atoms with Gasteiger partial charge in [0.25, 0.3) is 0 Å². The largest absolute Gasteiger partial charge is 0.396 e. The molecule has 114 heavy (non-hydrogen) atoms. The summed E-state index contributed by atoms with van der Waals surface area (Å²) in [5.41, 5.74) is 35.2. The van der Waals surface area contributed by atoms with E-state index in [0.29, 0.717) is 111 Å². The Balaban J connectivity index is 0.000000178. The molecule has 0 fully saturated rings. The van der Waals surface area contributed by atoms with E-state index in [4.69, 9.17) is 33.8 Å². The number of imidazole rings is 1. The van der Waals surface area contributed by atoms with E-state index in [1.807, 2.05) is 49.5 Å². The summed E-state index contributed by atoms with van der Waals surface area (Å²) in [7, 11) is -6.04. The number of carbonyl (C=O) groups is 1. The van der Waals surface area contributed by atoms with Crippen molar-refractivity contribution in [1.82, 2.24) is 99.9 Å². The van der Waals surface area contributed by atoms with Crippen molar-refractivity contribution in [1.29, 1.82) is 0 Å². The van der Waals surface area contributed by atoms with Crippen LogP contribution in [0, 0.1) is 0 Å². The van der Waals surface area contributed by atoms with Crippen LogP contribution in [0.25, 0.3) is 55.2 Å². The lowest BCUT2D eigenvalue weighted by Gasteiger charge is -2.31. The zero-order chi connectivity index (χ0) is 82.1. The SMILES string of the molecule is CCCC[C@@H](Nc1nc(N)nc2cccnc12)C(=O)CCCO.CCCC[C@@H](Nc1nc(N)nc2cccnc12)c1ncc[nH]1.CCCC[C@@H](Nc1nc(N)nc2cccnc12)c1ncn[nH]1.CCCC[C@@](C)(CCS(C)(=O)=O)Nc1nc(N)nc2cccnc12.CCCC[C@H](CCS(C)(=O)=O)Nc1nc(N)nc2cccnc12. The standard InChI is InChI=1S/C16H25N5O2S.C16H23N5O2.C15H19N7.C15H23N5O2S.C14H18N8/c1-4-5-8-16(2,9-11-24(3,22)23)21-14-13-12(7-6-10-18-13)19-15(17)20-14;1-2-3-6-11(13(23)8-5-10-22)19-15-14-12(7-4-9-18-14)20-16(17)21-15;1-2-3-5-11(13-18-8-9-19-13)20-14-12-10(6-4-7-17-12)21-15(16)22-14;1-3-4-6-11(8-10-23(2,21)22)18-14-13-12(7-5-9-17-13)19-15(16)20-14;1-2-3-5-10(12-17-8-18-22-12)19-13-11-9(6-4-7-16-11)20-14(15)21-13/h6-7,10H,4-5,8-9,11H2,1-3H3,(H3,17,19,20,21);4,7,9,11,22H,2-3,5-6,8,10H2,1H3,(H3,17,19,20,21);4,6-9,11H,2-3,5H2,1H3,(H,18,19)(H3,16,20,21,22);5,7,9,11H,3-4,6,8,10H2,1-2H3,(H3,16,18,19,20);4,6-8,10H,2-3,5H2,1H3,(H,17,18,22)(H3,15,19,20,21)/t16-;3*11-;10-/m01111/s1. The highest BCUT2D eigenvalue weighted by molar-refractivity contribution is 7.90. The molecule has 18 N–H and O–H groups in total. The molecule has 36 nitrogen and oxygen atoms in total. The van der Waals surface area contributed by atoms with Gasteiger partial charge in [0.05, 0.1) is 57.2 Å². The summed E-state index contributed by atoms with van der Waals surface area (Å²) < 4.78 is 46.1. The van der Waals surface area contributed by atoms with Crippen molar-refractivity contribution < 1.29 is 26.7 Å². The number of aromatic amines is 2. The minimum Gasteiger partial charge on any atom is -0.396 e. The summed E-state index contributed by atoms with van der Waals surface area (Å²) in [5, 5.41) is 32.4. The number of carbonyl (C=O) groups excluding carboxylic acids is 1. The van der Waals surface area contributed by atoms with E-state index in [9.17, 15) is 21.6 Å². The molecule has 0 aliphatic rings. The molecule has 0 aliphatic carbocycles. The summed E-state index contributed by atoms with van der Waals surface area (Å²) in [6, 6.07) is 17.9. The molecule has 0 saturated carbocycles. The van der Waals surface area contributed by atoms with Gasteiger partial charge in [0, 0.05) is 80.5 Å². The maximum atomic E-state index is 12.4. The lowest BCUT2D eigenvalue weighted by Crippen LogP contribution is -2.37. The minimum absolute atomic E-state index is 0.00387. The van der Waals surface area contributed by atoms with Crippen LogP contribution in [-0.4, -0.2) is 176 Å². The van der Waals surface area contributed by atoms with E-state index in [-0.39, 0.29) is 77.8 Å². The lowest BCUT2D eigenvalue weighted by atomic mass is 9.92. The third-order valence-corrected chi connectivity index (χ3v) is 19.9. The monoisotopic (exact) mass is 1600 g/mol. The second-order valence-corrected chi connectivity index (χ2v) is 32.3. The second-order valence-electron chi connectivity index (χ2n) is 27.7. The Morgan fingerprint density at radius 1 is 0.447 bits per heavy atom. The number of hydrogen-bond donors (Lipinski definition) is 13. The molecule has 0 saturated heterocycles. The van der Waals surface area contributed by atoms with Crippen LogP contribution in [0.1, 0.15) is 187 Å². The van der Waals surface area contributed by atoms with Crippen LogP contribution in [0.5, 0.6) is 0 Å². The smallest absolute Gasteiger partial charge is 0.222 e. The Hall–Kier alpha value is -11.7. The number of nitrogens with two attached hydrogens (primary N) is 5. The first kappa shape index (κ1) is 87.9. The number of nitrogens with one attached hydrogen (secondary N) is 7. The number of unbranched alkanes of at least 4 members (excludes halogenated alkanes) is 5. The molecule has 0 amide bonds. The Morgan fingerprint density at radius 3 is 1.24 bits per heavy atom. The van der Waals surface area contributed by atoms with Gasteiger partial charge in [-0.25, -0.2) is 51.7 Å². The van der Waals surface area contributed by atoms with Crippen LogP contribution in [-0.2, 0) is 24.5 Å². The number of sulfone groups is 2. The number of aromatic nitrogens is 20. The van der Waals surface area contributed by atoms with Crippen LogP contribution in [0.3, 0.4) is 0 Å². The topological polar surface area (TPSA) is 559 Å². The van der Waals surface area contributed by atoms with E-state index >= 15 is 0 Å². The maximum Gasteiger partial charge on any atom is 0.222 e.